The Morgan fingerprint density at radius 2 is 2.13 bits per heavy atom. The SMILES string of the molecule is COc1ccc(CNc2ncn[nH]2)cc1. The Bertz CT molecular complexity index is 396. The quantitative estimate of drug-likeness (QED) is 0.790. The molecule has 2 aromatic rings. The topological polar surface area (TPSA) is 62.8 Å². The van der Waals surface area contributed by atoms with Crippen molar-refractivity contribution in [3.63, 3.8) is 0 Å². The van der Waals surface area contributed by atoms with Gasteiger partial charge in [0.1, 0.15) is 12.1 Å². The zero-order valence-corrected chi connectivity index (χ0v) is 8.40. The highest BCUT2D eigenvalue weighted by Gasteiger charge is 1.96. The molecule has 0 spiro atoms. The fourth-order valence-corrected chi connectivity index (χ4v) is 1.22. The number of nitrogens with one attached hydrogen (secondary N) is 2. The third-order valence-electron chi connectivity index (χ3n) is 2.03. The molecule has 0 saturated carbocycles. The fourth-order valence-electron chi connectivity index (χ4n) is 1.22. The van der Waals surface area contributed by atoms with E-state index < -0.39 is 0 Å². The summed E-state index contributed by atoms with van der Waals surface area (Å²) in [4.78, 5) is 3.96. The molecule has 0 radical (unpaired) electrons. The molecule has 0 unspecified atom stereocenters. The molecule has 1 aromatic heterocycles. The molecule has 1 aromatic carbocycles. The molecule has 0 amide bonds. The van der Waals surface area contributed by atoms with Crippen LogP contribution in [0.25, 0.3) is 0 Å². The first-order valence-corrected chi connectivity index (χ1v) is 4.60. The number of methoxy groups -OCH3 is 1. The number of rotatable bonds is 4. The summed E-state index contributed by atoms with van der Waals surface area (Å²) in [5.41, 5.74) is 1.16. The number of anilines is 1. The lowest BCUT2D eigenvalue weighted by atomic mass is 10.2. The van der Waals surface area contributed by atoms with E-state index in [4.69, 9.17) is 4.74 Å². The van der Waals surface area contributed by atoms with Gasteiger partial charge in [-0.3, -0.25) is 0 Å². The normalized spacial score (nSPS) is 9.93. The maximum atomic E-state index is 5.07. The maximum Gasteiger partial charge on any atom is 0.218 e. The molecule has 1 heterocycles. The summed E-state index contributed by atoms with van der Waals surface area (Å²) in [5, 5.41) is 9.58. The zero-order valence-electron chi connectivity index (χ0n) is 8.40. The molecule has 0 aliphatic heterocycles. The number of hydrogen-bond acceptors (Lipinski definition) is 4. The number of aromatic nitrogens is 3. The number of nitrogens with zero attached hydrogens (tertiary/aromatic N) is 2. The third-order valence-corrected chi connectivity index (χ3v) is 2.03. The monoisotopic (exact) mass is 204 g/mol. The van der Waals surface area contributed by atoms with Crippen LogP contribution >= 0.6 is 0 Å². The minimum absolute atomic E-state index is 0.672. The lowest BCUT2D eigenvalue weighted by Gasteiger charge is -2.04. The van der Waals surface area contributed by atoms with Crippen LogP contribution in [-0.4, -0.2) is 22.3 Å². The summed E-state index contributed by atoms with van der Waals surface area (Å²) in [6, 6.07) is 7.86. The Balaban J connectivity index is 1.93. The molecule has 2 N–H and O–H groups in total. The number of H-pyrrole nitrogens is 1. The van der Waals surface area contributed by atoms with Gasteiger partial charge in [0.25, 0.3) is 0 Å². The molecular weight excluding hydrogens is 192 g/mol. The number of ether oxygens (including phenoxy) is 1. The molecule has 5 heteroatoms. The van der Waals surface area contributed by atoms with Gasteiger partial charge in [-0.1, -0.05) is 12.1 Å². The second kappa shape index (κ2) is 4.45. The highest BCUT2D eigenvalue weighted by atomic mass is 16.5. The predicted molar refractivity (Wildman–Crippen MR) is 56.7 cm³/mol. The van der Waals surface area contributed by atoms with Gasteiger partial charge < -0.3 is 10.1 Å². The van der Waals surface area contributed by atoms with Gasteiger partial charge in [0.15, 0.2) is 0 Å². The van der Waals surface area contributed by atoms with E-state index in [1.807, 2.05) is 24.3 Å². The van der Waals surface area contributed by atoms with E-state index >= 15 is 0 Å². The zero-order chi connectivity index (χ0) is 10.5. The van der Waals surface area contributed by atoms with E-state index in [1.54, 1.807) is 7.11 Å². The molecule has 5 nitrogen and oxygen atoms in total. The molecule has 0 aliphatic rings. The van der Waals surface area contributed by atoms with Crippen LogP contribution in [0.4, 0.5) is 5.95 Å². The molecule has 78 valence electrons. The van der Waals surface area contributed by atoms with Crippen LogP contribution in [0.2, 0.25) is 0 Å². The third kappa shape index (κ3) is 2.46. The van der Waals surface area contributed by atoms with Crippen LogP contribution in [0.3, 0.4) is 0 Å². The van der Waals surface area contributed by atoms with Crippen LogP contribution in [-0.2, 0) is 6.54 Å². The summed E-state index contributed by atoms with van der Waals surface area (Å²) >= 11 is 0. The van der Waals surface area contributed by atoms with E-state index in [0.29, 0.717) is 12.5 Å². The van der Waals surface area contributed by atoms with Crippen LogP contribution in [0.15, 0.2) is 30.6 Å². The van der Waals surface area contributed by atoms with Crippen molar-refractivity contribution in [3.8, 4) is 5.75 Å². The smallest absolute Gasteiger partial charge is 0.218 e. The van der Waals surface area contributed by atoms with Crippen molar-refractivity contribution >= 4 is 5.95 Å². The van der Waals surface area contributed by atoms with E-state index in [9.17, 15) is 0 Å². The molecule has 0 saturated heterocycles. The van der Waals surface area contributed by atoms with Crippen molar-refractivity contribution in [2.45, 2.75) is 6.54 Å². The minimum Gasteiger partial charge on any atom is -0.497 e. The summed E-state index contributed by atoms with van der Waals surface area (Å²) in [6.45, 7) is 0.708. The van der Waals surface area contributed by atoms with Crippen molar-refractivity contribution in [2.75, 3.05) is 12.4 Å². The molecule has 0 fully saturated rings. The first-order valence-electron chi connectivity index (χ1n) is 4.60. The molecule has 2 rings (SSSR count). The Hall–Kier alpha value is -2.04. The lowest BCUT2D eigenvalue weighted by Crippen LogP contribution is -2.00. The standard InChI is InChI=1S/C10H12N4O/c1-15-9-4-2-8(3-5-9)6-11-10-12-7-13-14-10/h2-5,7H,6H2,1H3,(H2,11,12,13,14). The highest BCUT2D eigenvalue weighted by Crippen LogP contribution is 2.11. The van der Waals surface area contributed by atoms with Crippen molar-refractivity contribution in [3.05, 3.63) is 36.2 Å². The Morgan fingerprint density at radius 1 is 1.33 bits per heavy atom. The van der Waals surface area contributed by atoms with Crippen LogP contribution in [0.1, 0.15) is 5.56 Å². The molecule has 0 atom stereocenters. The van der Waals surface area contributed by atoms with Crippen LogP contribution in [0.5, 0.6) is 5.75 Å². The average molecular weight is 204 g/mol. The molecule has 0 bridgehead atoms. The number of aromatic amines is 1. The Morgan fingerprint density at radius 3 is 2.73 bits per heavy atom. The van der Waals surface area contributed by atoms with Gasteiger partial charge >= 0.3 is 0 Å². The van der Waals surface area contributed by atoms with Gasteiger partial charge in [0.05, 0.1) is 7.11 Å². The van der Waals surface area contributed by atoms with Crippen molar-refractivity contribution < 1.29 is 4.74 Å². The van der Waals surface area contributed by atoms with Crippen LogP contribution < -0.4 is 10.1 Å². The van der Waals surface area contributed by atoms with Gasteiger partial charge in [-0.2, -0.15) is 5.10 Å². The fraction of sp³-hybridized carbons (Fsp3) is 0.200. The van der Waals surface area contributed by atoms with Gasteiger partial charge in [-0.15, -0.1) is 0 Å². The molecule has 0 aliphatic carbocycles. The maximum absolute atomic E-state index is 5.07. The second-order valence-electron chi connectivity index (χ2n) is 3.04. The van der Waals surface area contributed by atoms with Crippen molar-refractivity contribution in [1.29, 1.82) is 0 Å². The predicted octanol–water partition coefficient (Wildman–Crippen LogP) is 1.43. The van der Waals surface area contributed by atoms with Crippen LogP contribution in [0, 0.1) is 0 Å². The van der Waals surface area contributed by atoms with Gasteiger partial charge in [-0.05, 0) is 17.7 Å². The average Bonchev–Trinajstić information content (AvgIpc) is 2.80. The summed E-state index contributed by atoms with van der Waals surface area (Å²) in [7, 11) is 1.65. The van der Waals surface area contributed by atoms with E-state index in [1.165, 1.54) is 6.33 Å². The van der Waals surface area contributed by atoms with E-state index in [0.717, 1.165) is 11.3 Å². The van der Waals surface area contributed by atoms with Gasteiger partial charge in [0, 0.05) is 6.54 Å². The second-order valence-corrected chi connectivity index (χ2v) is 3.04. The Kier molecular flexibility index (Phi) is 2.82. The summed E-state index contributed by atoms with van der Waals surface area (Å²) in [6.07, 6.45) is 1.47. The van der Waals surface area contributed by atoms with Crippen molar-refractivity contribution in [1.82, 2.24) is 15.2 Å². The minimum atomic E-state index is 0.672. The molecule has 15 heavy (non-hydrogen) atoms. The number of hydrogen-bond donors (Lipinski definition) is 2. The van der Waals surface area contributed by atoms with E-state index in [2.05, 4.69) is 20.5 Å². The van der Waals surface area contributed by atoms with Crippen molar-refractivity contribution in [2.24, 2.45) is 0 Å². The summed E-state index contributed by atoms with van der Waals surface area (Å²) in [5.74, 6) is 1.53. The molecular formula is C10H12N4O. The first kappa shape index (κ1) is 9.51. The first-order chi connectivity index (χ1) is 7.38. The highest BCUT2D eigenvalue weighted by molar-refractivity contribution is 5.30. The number of benzene rings is 1. The largest absolute Gasteiger partial charge is 0.497 e. The van der Waals surface area contributed by atoms with Gasteiger partial charge in [-0.25, -0.2) is 10.1 Å². The Labute approximate surface area is 87.5 Å². The lowest BCUT2D eigenvalue weighted by molar-refractivity contribution is 0.414. The summed E-state index contributed by atoms with van der Waals surface area (Å²) < 4.78 is 5.07. The van der Waals surface area contributed by atoms with E-state index in [-0.39, 0.29) is 0 Å². The van der Waals surface area contributed by atoms with Gasteiger partial charge in [0.2, 0.25) is 5.95 Å².